The van der Waals surface area contributed by atoms with Gasteiger partial charge in [0.05, 0.1) is 11.8 Å². The van der Waals surface area contributed by atoms with Gasteiger partial charge in [0.1, 0.15) is 5.60 Å². The van der Waals surface area contributed by atoms with Crippen LogP contribution in [0.4, 0.5) is 0 Å². The average molecular weight is 407 g/mol. The Balaban J connectivity index is 1.87. The first-order chi connectivity index (χ1) is 14.3. The molecule has 0 amide bonds. The molecular weight excluding hydrogens is 376 g/mol. The second-order valence-electron chi connectivity index (χ2n) is 9.22. The molecule has 2 aliphatic rings. The standard InChI is InChI=1S/C26H30O4/c1-16-10-4-5-11-18(16)22-20-13-7-6-12-19(20)17(2)21(24(27)28)23(22)25(29)30-26(3)14-8-9-15-26/h4-7,10-13,17,21-23H,8-9,14-15H2,1-3H3,(H,27,28). The van der Waals surface area contributed by atoms with Crippen molar-refractivity contribution in [2.24, 2.45) is 11.8 Å². The maximum Gasteiger partial charge on any atom is 0.311 e. The molecule has 158 valence electrons. The van der Waals surface area contributed by atoms with Crippen molar-refractivity contribution >= 4 is 11.9 Å². The quantitative estimate of drug-likeness (QED) is 0.687. The summed E-state index contributed by atoms with van der Waals surface area (Å²) in [6, 6.07) is 15.9. The number of aliphatic carboxylic acids is 1. The normalized spacial score (nSPS) is 27.3. The highest BCUT2D eigenvalue weighted by Gasteiger charge is 2.51. The highest BCUT2D eigenvalue weighted by atomic mass is 16.6. The van der Waals surface area contributed by atoms with Gasteiger partial charge in [0.15, 0.2) is 0 Å². The molecule has 1 saturated carbocycles. The Morgan fingerprint density at radius 1 is 0.933 bits per heavy atom. The molecule has 2 aliphatic carbocycles. The molecule has 4 unspecified atom stereocenters. The molecule has 0 bridgehead atoms. The number of carboxylic acids is 1. The van der Waals surface area contributed by atoms with Crippen LogP contribution in [-0.2, 0) is 14.3 Å². The lowest BCUT2D eigenvalue weighted by Crippen LogP contribution is -2.45. The van der Waals surface area contributed by atoms with Crippen molar-refractivity contribution in [1.29, 1.82) is 0 Å². The Morgan fingerprint density at radius 2 is 1.50 bits per heavy atom. The first-order valence-electron chi connectivity index (χ1n) is 10.9. The van der Waals surface area contributed by atoms with Crippen LogP contribution in [0.25, 0.3) is 0 Å². The third kappa shape index (κ3) is 3.53. The van der Waals surface area contributed by atoms with E-state index in [1.54, 1.807) is 0 Å². The summed E-state index contributed by atoms with van der Waals surface area (Å²) < 4.78 is 6.07. The van der Waals surface area contributed by atoms with Gasteiger partial charge in [0.2, 0.25) is 0 Å². The number of carbonyl (C=O) groups excluding carboxylic acids is 1. The Hall–Kier alpha value is -2.62. The van der Waals surface area contributed by atoms with E-state index in [-0.39, 0.29) is 17.8 Å². The van der Waals surface area contributed by atoms with E-state index in [2.05, 4.69) is 0 Å². The Bertz CT molecular complexity index is 957. The van der Waals surface area contributed by atoms with Crippen LogP contribution in [0.1, 0.15) is 73.6 Å². The summed E-state index contributed by atoms with van der Waals surface area (Å²) in [5.74, 6) is -3.51. The molecule has 4 atom stereocenters. The minimum absolute atomic E-state index is 0.270. The van der Waals surface area contributed by atoms with Gasteiger partial charge in [0, 0.05) is 5.92 Å². The van der Waals surface area contributed by atoms with E-state index in [0.29, 0.717) is 0 Å². The van der Waals surface area contributed by atoms with Crippen molar-refractivity contribution in [3.05, 3.63) is 70.8 Å². The number of carboxylic acid groups (broad SMARTS) is 1. The molecule has 1 fully saturated rings. The van der Waals surface area contributed by atoms with Gasteiger partial charge in [-0.05, 0) is 67.7 Å². The summed E-state index contributed by atoms with van der Waals surface area (Å²) in [7, 11) is 0. The fraction of sp³-hybridized carbons (Fsp3) is 0.462. The fourth-order valence-electron chi connectivity index (χ4n) is 5.60. The number of carbonyl (C=O) groups is 2. The van der Waals surface area contributed by atoms with Crippen molar-refractivity contribution in [2.75, 3.05) is 0 Å². The fourth-order valence-corrected chi connectivity index (χ4v) is 5.60. The third-order valence-corrected chi connectivity index (χ3v) is 7.20. The van der Waals surface area contributed by atoms with E-state index in [1.165, 1.54) is 0 Å². The zero-order valence-electron chi connectivity index (χ0n) is 17.9. The third-order valence-electron chi connectivity index (χ3n) is 7.20. The van der Waals surface area contributed by atoms with E-state index in [1.807, 2.05) is 69.3 Å². The zero-order chi connectivity index (χ0) is 21.5. The number of fused-ring (bicyclic) bond motifs is 1. The van der Waals surface area contributed by atoms with Gasteiger partial charge in [-0.15, -0.1) is 0 Å². The molecule has 0 radical (unpaired) electrons. The summed E-state index contributed by atoms with van der Waals surface area (Å²) in [4.78, 5) is 26.1. The highest BCUT2D eigenvalue weighted by molar-refractivity contribution is 5.85. The number of hydrogen-bond acceptors (Lipinski definition) is 3. The largest absolute Gasteiger partial charge is 0.481 e. The van der Waals surface area contributed by atoms with Crippen LogP contribution in [0.5, 0.6) is 0 Å². The second kappa shape index (κ2) is 7.90. The van der Waals surface area contributed by atoms with Gasteiger partial charge in [0.25, 0.3) is 0 Å². The van der Waals surface area contributed by atoms with E-state index < -0.39 is 23.4 Å². The molecule has 0 spiro atoms. The lowest BCUT2D eigenvalue weighted by molar-refractivity contribution is -0.170. The Morgan fingerprint density at radius 3 is 2.10 bits per heavy atom. The van der Waals surface area contributed by atoms with Gasteiger partial charge in [-0.2, -0.15) is 0 Å². The van der Waals surface area contributed by atoms with Gasteiger partial charge in [-0.3, -0.25) is 9.59 Å². The number of hydrogen-bond donors (Lipinski definition) is 1. The molecule has 0 aromatic heterocycles. The monoisotopic (exact) mass is 406 g/mol. The predicted molar refractivity (Wildman–Crippen MR) is 115 cm³/mol. The van der Waals surface area contributed by atoms with Gasteiger partial charge < -0.3 is 9.84 Å². The van der Waals surface area contributed by atoms with E-state index in [4.69, 9.17) is 4.74 Å². The highest BCUT2D eigenvalue weighted by Crippen LogP contribution is 2.51. The summed E-state index contributed by atoms with van der Waals surface area (Å²) in [6.07, 6.45) is 3.75. The SMILES string of the molecule is Cc1ccccc1C1c2ccccc2C(C)C(C(=O)O)C1C(=O)OC1(C)CCCC1. The molecule has 1 N–H and O–H groups in total. The first kappa shape index (κ1) is 20.6. The zero-order valence-corrected chi connectivity index (χ0v) is 17.9. The van der Waals surface area contributed by atoms with Crippen LogP contribution in [0.2, 0.25) is 0 Å². The van der Waals surface area contributed by atoms with Crippen LogP contribution >= 0.6 is 0 Å². The predicted octanol–water partition coefficient (Wildman–Crippen LogP) is 5.44. The summed E-state index contributed by atoms with van der Waals surface area (Å²) in [5, 5.41) is 10.2. The van der Waals surface area contributed by atoms with Crippen molar-refractivity contribution < 1.29 is 19.4 Å². The van der Waals surface area contributed by atoms with Crippen molar-refractivity contribution in [3.63, 3.8) is 0 Å². The Labute approximate surface area is 178 Å². The van der Waals surface area contributed by atoms with Crippen LogP contribution in [0.15, 0.2) is 48.5 Å². The summed E-state index contributed by atoms with van der Waals surface area (Å²) in [6.45, 7) is 5.92. The first-order valence-corrected chi connectivity index (χ1v) is 10.9. The molecule has 30 heavy (non-hydrogen) atoms. The topological polar surface area (TPSA) is 63.6 Å². The van der Waals surface area contributed by atoms with Crippen LogP contribution in [0.3, 0.4) is 0 Å². The second-order valence-corrected chi connectivity index (χ2v) is 9.22. The van der Waals surface area contributed by atoms with Crippen molar-refractivity contribution in [2.45, 2.75) is 63.9 Å². The van der Waals surface area contributed by atoms with E-state index in [0.717, 1.165) is 47.9 Å². The molecule has 0 saturated heterocycles. The maximum atomic E-state index is 13.6. The molecular formula is C26H30O4. The van der Waals surface area contributed by atoms with Crippen molar-refractivity contribution in [1.82, 2.24) is 0 Å². The van der Waals surface area contributed by atoms with Gasteiger partial charge in [-0.25, -0.2) is 0 Å². The minimum atomic E-state index is -0.936. The van der Waals surface area contributed by atoms with Crippen LogP contribution in [-0.4, -0.2) is 22.6 Å². The average Bonchev–Trinajstić information content (AvgIpc) is 3.14. The van der Waals surface area contributed by atoms with Crippen LogP contribution < -0.4 is 0 Å². The molecule has 2 aromatic carbocycles. The number of aryl methyl sites for hydroxylation is 1. The van der Waals surface area contributed by atoms with Gasteiger partial charge in [-0.1, -0.05) is 55.5 Å². The summed E-state index contributed by atoms with van der Waals surface area (Å²) in [5.41, 5.74) is 3.61. The molecule has 2 aromatic rings. The van der Waals surface area contributed by atoms with Crippen LogP contribution in [0, 0.1) is 18.8 Å². The molecule has 0 aliphatic heterocycles. The van der Waals surface area contributed by atoms with E-state index >= 15 is 0 Å². The van der Waals surface area contributed by atoms with E-state index in [9.17, 15) is 14.7 Å². The molecule has 4 rings (SSSR count). The van der Waals surface area contributed by atoms with Gasteiger partial charge >= 0.3 is 11.9 Å². The number of esters is 1. The minimum Gasteiger partial charge on any atom is -0.481 e. The number of ether oxygens (including phenoxy) is 1. The molecule has 4 heteroatoms. The maximum absolute atomic E-state index is 13.6. The van der Waals surface area contributed by atoms with Crippen molar-refractivity contribution in [3.8, 4) is 0 Å². The lowest BCUT2D eigenvalue weighted by atomic mass is 9.62. The lowest BCUT2D eigenvalue weighted by Gasteiger charge is -2.42. The number of benzene rings is 2. The number of rotatable bonds is 4. The summed E-state index contributed by atoms with van der Waals surface area (Å²) >= 11 is 0. The molecule has 4 nitrogen and oxygen atoms in total. The smallest absolute Gasteiger partial charge is 0.311 e. The Kier molecular flexibility index (Phi) is 5.44. The molecule has 0 heterocycles.